The Bertz CT molecular complexity index is 113. The first-order valence-corrected chi connectivity index (χ1v) is 5.68. The summed E-state index contributed by atoms with van der Waals surface area (Å²) in [5.74, 6) is 0.935. The number of hydrogen-bond acceptors (Lipinski definition) is 2. The van der Waals surface area contributed by atoms with E-state index >= 15 is 0 Å². The molecule has 2 aliphatic heterocycles. The van der Waals surface area contributed by atoms with E-state index < -0.39 is 0 Å². The molecule has 2 heterocycles. The van der Waals surface area contributed by atoms with Crippen LogP contribution in [0.1, 0.15) is 32.6 Å². The van der Waals surface area contributed by atoms with Crippen LogP contribution in [-0.2, 0) is 0 Å². The Balaban J connectivity index is 0.000000132. The number of likely N-dealkylation sites (tertiary alicyclic amines) is 1. The summed E-state index contributed by atoms with van der Waals surface area (Å²) in [5, 5.41) is 3.27. The standard InChI is InChI=1S/C6H13N.C5H11N/c1-7-5-3-2-4-6-7;1-5-2-3-6-4-5/h2-6H2,1H3;5-6H,2-4H2,1H3. The van der Waals surface area contributed by atoms with Crippen LogP contribution in [0.2, 0.25) is 0 Å². The molecule has 2 rings (SSSR count). The SMILES string of the molecule is CC1CCNC1.CN1CCCCC1. The van der Waals surface area contributed by atoms with Crippen molar-refractivity contribution in [2.24, 2.45) is 5.92 Å². The van der Waals surface area contributed by atoms with E-state index in [-0.39, 0.29) is 0 Å². The quantitative estimate of drug-likeness (QED) is 0.616. The zero-order valence-corrected chi connectivity index (χ0v) is 9.18. The molecule has 1 unspecified atom stereocenters. The van der Waals surface area contributed by atoms with Crippen molar-refractivity contribution in [2.45, 2.75) is 32.6 Å². The first-order chi connectivity index (χ1) is 6.29. The van der Waals surface area contributed by atoms with Crippen molar-refractivity contribution in [3.05, 3.63) is 0 Å². The molecule has 0 aliphatic carbocycles. The van der Waals surface area contributed by atoms with Crippen LogP contribution in [0, 0.1) is 5.92 Å². The predicted molar refractivity (Wildman–Crippen MR) is 58.0 cm³/mol. The molecule has 2 heteroatoms. The van der Waals surface area contributed by atoms with Gasteiger partial charge in [-0.2, -0.15) is 0 Å². The van der Waals surface area contributed by atoms with E-state index in [0.717, 1.165) is 5.92 Å². The summed E-state index contributed by atoms with van der Waals surface area (Å²) in [5.41, 5.74) is 0. The van der Waals surface area contributed by atoms with Crippen LogP contribution in [0.15, 0.2) is 0 Å². The molecule has 0 aromatic carbocycles. The van der Waals surface area contributed by atoms with Crippen LogP contribution < -0.4 is 5.32 Å². The molecule has 0 aromatic heterocycles. The maximum absolute atomic E-state index is 3.27. The summed E-state index contributed by atoms with van der Waals surface area (Å²) in [6, 6.07) is 0. The topological polar surface area (TPSA) is 15.3 Å². The van der Waals surface area contributed by atoms with E-state index in [1.807, 2.05) is 0 Å². The van der Waals surface area contributed by atoms with Gasteiger partial charge in [0.15, 0.2) is 0 Å². The van der Waals surface area contributed by atoms with Crippen LogP contribution in [0.5, 0.6) is 0 Å². The molecule has 78 valence electrons. The number of hydrogen-bond donors (Lipinski definition) is 1. The van der Waals surface area contributed by atoms with E-state index in [9.17, 15) is 0 Å². The van der Waals surface area contributed by atoms with Gasteiger partial charge in [0.05, 0.1) is 0 Å². The molecule has 0 aromatic rings. The van der Waals surface area contributed by atoms with Crippen LogP contribution in [0.3, 0.4) is 0 Å². The highest BCUT2D eigenvalue weighted by molar-refractivity contribution is 4.65. The van der Waals surface area contributed by atoms with Gasteiger partial charge < -0.3 is 10.2 Å². The Morgan fingerprint density at radius 3 is 2.08 bits per heavy atom. The Morgan fingerprint density at radius 2 is 1.85 bits per heavy atom. The third kappa shape index (κ3) is 5.27. The lowest BCUT2D eigenvalue weighted by atomic mass is 10.1. The fourth-order valence-electron chi connectivity index (χ4n) is 1.85. The van der Waals surface area contributed by atoms with Gasteiger partial charge in [0.1, 0.15) is 0 Å². The third-order valence-corrected chi connectivity index (χ3v) is 2.89. The zero-order valence-electron chi connectivity index (χ0n) is 9.18. The molecule has 0 radical (unpaired) electrons. The summed E-state index contributed by atoms with van der Waals surface area (Å²) in [4.78, 5) is 2.39. The molecule has 0 bridgehead atoms. The van der Waals surface area contributed by atoms with E-state index in [1.54, 1.807) is 0 Å². The van der Waals surface area contributed by atoms with E-state index in [0.29, 0.717) is 0 Å². The average Bonchev–Trinajstić information content (AvgIpc) is 2.58. The molecule has 13 heavy (non-hydrogen) atoms. The molecule has 0 amide bonds. The van der Waals surface area contributed by atoms with Gasteiger partial charge in [0.25, 0.3) is 0 Å². The summed E-state index contributed by atoms with van der Waals surface area (Å²) in [6.45, 7) is 7.39. The van der Waals surface area contributed by atoms with Crippen molar-refractivity contribution >= 4 is 0 Å². The second kappa shape index (κ2) is 6.39. The largest absolute Gasteiger partial charge is 0.316 e. The molecule has 2 aliphatic rings. The Hall–Kier alpha value is -0.0800. The van der Waals surface area contributed by atoms with Gasteiger partial charge in [-0.15, -0.1) is 0 Å². The fourth-order valence-corrected chi connectivity index (χ4v) is 1.85. The van der Waals surface area contributed by atoms with Gasteiger partial charge >= 0.3 is 0 Å². The Kier molecular flexibility index (Phi) is 5.40. The average molecular weight is 184 g/mol. The van der Waals surface area contributed by atoms with Crippen molar-refractivity contribution in [3.8, 4) is 0 Å². The predicted octanol–water partition coefficient (Wildman–Crippen LogP) is 1.72. The minimum Gasteiger partial charge on any atom is -0.316 e. The van der Waals surface area contributed by atoms with Crippen molar-refractivity contribution in [3.63, 3.8) is 0 Å². The normalized spacial score (nSPS) is 29.5. The molecule has 2 nitrogen and oxygen atoms in total. The highest BCUT2D eigenvalue weighted by Crippen LogP contribution is 2.04. The van der Waals surface area contributed by atoms with Gasteiger partial charge in [0.2, 0.25) is 0 Å². The van der Waals surface area contributed by atoms with Gasteiger partial charge in [-0.3, -0.25) is 0 Å². The van der Waals surface area contributed by atoms with Gasteiger partial charge in [-0.05, 0) is 58.4 Å². The first-order valence-electron chi connectivity index (χ1n) is 5.68. The molecular formula is C11H24N2. The van der Waals surface area contributed by atoms with Crippen LogP contribution in [0.25, 0.3) is 0 Å². The van der Waals surface area contributed by atoms with Crippen LogP contribution in [0.4, 0.5) is 0 Å². The lowest BCUT2D eigenvalue weighted by molar-refractivity contribution is 0.277. The first kappa shape index (κ1) is 11.0. The maximum Gasteiger partial charge on any atom is -0.00218 e. The fraction of sp³-hybridized carbons (Fsp3) is 1.00. The van der Waals surface area contributed by atoms with E-state index in [1.165, 1.54) is 51.9 Å². The molecule has 0 saturated carbocycles. The maximum atomic E-state index is 3.27. The Morgan fingerprint density at radius 1 is 1.15 bits per heavy atom. The summed E-state index contributed by atoms with van der Waals surface area (Å²) >= 11 is 0. The molecule has 1 N–H and O–H groups in total. The van der Waals surface area contributed by atoms with Crippen LogP contribution >= 0.6 is 0 Å². The van der Waals surface area contributed by atoms with Crippen molar-refractivity contribution in [1.82, 2.24) is 10.2 Å². The third-order valence-electron chi connectivity index (χ3n) is 2.89. The number of nitrogens with zero attached hydrogens (tertiary/aromatic N) is 1. The second-order valence-corrected chi connectivity index (χ2v) is 4.46. The molecular weight excluding hydrogens is 160 g/mol. The number of nitrogens with one attached hydrogen (secondary N) is 1. The lowest BCUT2D eigenvalue weighted by Gasteiger charge is -2.20. The molecule has 0 spiro atoms. The number of piperidine rings is 1. The minimum atomic E-state index is 0.935. The molecule has 2 fully saturated rings. The van der Waals surface area contributed by atoms with Gasteiger partial charge in [-0.1, -0.05) is 13.3 Å². The summed E-state index contributed by atoms with van der Waals surface area (Å²) in [6.07, 6.45) is 5.65. The second-order valence-electron chi connectivity index (χ2n) is 4.46. The molecule has 2 saturated heterocycles. The van der Waals surface area contributed by atoms with Gasteiger partial charge in [0, 0.05) is 0 Å². The van der Waals surface area contributed by atoms with Crippen LogP contribution in [-0.4, -0.2) is 38.1 Å². The monoisotopic (exact) mass is 184 g/mol. The van der Waals surface area contributed by atoms with E-state index in [2.05, 4.69) is 24.2 Å². The highest BCUT2D eigenvalue weighted by atomic mass is 15.1. The summed E-state index contributed by atoms with van der Waals surface area (Å²) in [7, 11) is 2.19. The Labute approximate surface area is 82.7 Å². The van der Waals surface area contributed by atoms with Crippen molar-refractivity contribution < 1.29 is 0 Å². The smallest absolute Gasteiger partial charge is 0.00218 e. The zero-order chi connectivity index (χ0) is 9.52. The van der Waals surface area contributed by atoms with E-state index in [4.69, 9.17) is 0 Å². The van der Waals surface area contributed by atoms with Crippen molar-refractivity contribution in [1.29, 1.82) is 0 Å². The highest BCUT2D eigenvalue weighted by Gasteiger charge is 2.06. The molecule has 1 atom stereocenters. The number of rotatable bonds is 0. The van der Waals surface area contributed by atoms with Gasteiger partial charge in [-0.25, -0.2) is 0 Å². The minimum absolute atomic E-state index is 0.935. The lowest BCUT2D eigenvalue weighted by Crippen LogP contribution is -2.24. The van der Waals surface area contributed by atoms with Crippen molar-refractivity contribution in [2.75, 3.05) is 33.2 Å². The summed E-state index contributed by atoms with van der Waals surface area (Å²) < 4.78 is 0.